The number of nitrogens with one attached hydrogen (secondary N) is 1. The Morgan fingerprint density at radius 1 is 1.47 bits per heavy atom. The summed E-state index contributed by atoms with van der Waals surface area (Å²) in [4.78, 5) is 14.0. The Hall–Kier alpha value is -0.690. The van der Waals surface area contributed by atoms with E-state index in [0.29, 0.717) is 0 Å². The van der Waals surface area contributed by atoms with Gasteiger partial charge in [0.15, 0.2) is 6.10 Å². The number of nitrogens with zero attached hydrogens (tertiary/aromatic N) is 1. The van der Waals surface area contributed by atoms with Crippen LogP contribution in [0.25, 0.3) is 0 Å². The van der Waals surface area contributed by atoms with Gasteiger partial charge in [-0.15, -0.1) is 0 Å². The Morgan fingerprint density at radius 3 is 2.82 bits per heavy atom. The first-order valence-electron chi connectivity index (χ1n) is 6.04. The molecule has 3 N–H and O–H groups in total. The van der Waals surface area contributed by atoms with E-state index < -0.39 is 18.3 Å². The smallest absolute Gasteiger partial charge is 0.252 e. The Balaban J connectivity index is 1.84. The van der Waals surface area contributed by atoms with E-state index in [2.05, 4.69) is 10.2 Å². The van der Waals surface area contributed by atoms with Gasteiger partial charge in [0, 0.05) is 12.6 Å². The van der Waals surface area contributed by atoms with Crippen molar-refractivity contribution in [3.63, 3.8) is 0 Å². The van der Waals surface area contributed by atoms with Crippen LogP contribution in [-0.2, 0) is 9.53 Å². The van der Waals surface area contributed by atoms with Gasteiger partial charge < -0.3 is 25.2 Å². The molecule has 0 aliphatic carbocycles. The number of amides is 1. The van der Waals surface area contributed by atoms with Gasteiger partial charge in [-0.2, -0.15) is 0 Å². The molecule has 6 heteroatoms. The molecule has 0 radical (unpaired) electrons. The van der Waals surface area contributed by atoms with Crippen LogP contribution in [0.2, 0.25) is 0 Å². The van der Waals surface area contributed by atoms with Crippen molar-refractivity contribution in [3.05, 3.63) is 0 Å². The van der Waals surface area contributed by atoms with Crippen LogP contribution in [0.1, 0.15) is 12.8 Å². The summed E-state index contributed by atoms with van der Waals surface area (Å²) in [6, 6.07) is 0.106. The summed E-state index contributed by atoms with van der Waals surface area (Å²) >= 11 is 0. The van der Waals surface area contributed by atoms with Gasteiger partial charge in [-0.05, 0) is 26.4 Å². The van der Waals surface area contributed by atoms with Gasteiger partial charge >= 0.3 is 0 Å². The number of ether oxygens (including phenoxy) is 1. The van der Waals surface area contributed by atoms with Crippen molar-refractivity contribution in [1.82, 2.24) is 10.2 Å². The molecule has 4 atom stereocenters. The van der Waals surface area contributed by atoms with Crippen molar-refractivity contribution >= 4 is 5.91 Å². The second-order valence-electron chi connectivity index (χ2n) is 4.92. The molecular formula is C11H20N2O4. The summed E-state index contributed by atoms with van der Waals surface area (Å²) in [6.45, 7) is 1.88. The zero-order valence-electron chi connectivity index (χ0n) is 10.0. The SMILES string of the molecule is CN1CCC[C@@H](NC(=O)C2OCC(O)C2O)C1. The maximum absolute atomic E-state index is 11.9. The average molecular weight is 244 g/mol. The molecule has 2 aliphatic rings. The first-order valence-corrected chi connectivity index (χ1v) is 6.04. The van der Waals surface area contributed by atoms with Crippen LogP contribution in [0, 0.1) is 0 Å². The highest BCUT2D eigenvalue weighted by atomic mass is 16.5. The minimum absolute atomic E-state index is 0.0177. The monoisotopic (exact) mass is 244 g/mol. The number of likely N-dealkylation sites (tertiary alicyclic amines) is 1. The Kier molecular flexibility index (Phi) is 3.98. The van der Waals surface area contributed by atoms with E-state index in [1.807, 2.05) is 7.05 Å². The maximum Gasteiger partial charge on any atom is 0.252 e. The van der Waals surface area contributed by atoms with Gasteiger partial charge in [-0.1, -0.05) is 0 Å². The molecule has 2 fully saturated rings. The van der Waals surface area contributed by atoms with E-state index in [-0.39, 0.29) is 18.6 Å². The molecule has 0 bridgehead atoms. The number of aliphatic hydroxyl groups is 2. The fourth-order valence-corrected chi connectivity index (χ4v) is 2.40. The van der Waals surface area contributed by atoms with Crippen molar-refractivity contribution in [2.75, 3.05) is 26.7 Å². The average Bonchev–Trinajstić information content (AvgIpc) is 2.60. The van der Waals surface area contributed by atoms with E-state index in [1.54, 1.807) is 0 Å². The van der Waals surface area contributed by atoms with Gasteiger partial charge in [-0.25, -0.2) is 0 Å². The topological polar surface area (TPSA) is 82.0 Å². The molecule has 1 amide bonds. The minimum Gasteiger partial charge on any atom is -0.388 e. The lowest BCUT2D eigenvalue weighted by Crippen LogP contribution is -2.51. The lowest BCUT2D eigenvalue weighted by Gasteiger charge is -2.31. The zero-order chi connectivity index (χ0) is 12.4. The largest absolute Gasteiger partial charge is 0.388 e. The number of carbonyl (C=O) groups is 1. The molecule has 2 rings (SSSR count). The van der Waals surface area contributed by atoms with E-state index in [9.17, 15) is 15.0 Å². The van der Waals surface area contributed by atoms with Crippen molar-refractivity contribution < 1.29 is 19.7 Å². The van der Waals surface area contributed by atoms with Crippen molar-refractivity contribution in [3.8, 4) is 0 Å². The number of hydrogen-bond acceptors (Lipinski definition) is 5. The van der Waals surface area contributed by atoms with Gasteiger partial charge in [0.2, 0.25) is 0 Å². The third kappa shape index (κ3) is 2.95. The molecule has 0 aromatic rings. The molecule has 2 aliphatic heterocycles. The van der Waals surface area contributed by atoms with E-state index in [4.69, 9.17) is 4.74 Å². The van der Waals surface area contributed by atoms with E-state index in [0.717, 1.165) is 25.9 Å². The fraction of sp³-hybridized carbons (Fsp3) is 0.909. The molecule has 0 saturated carbocycles. The third-order valence-corrected chi connectivity index (χ3v) is 3.38. The Bertz CT molecular complexity index is 287. The second-order valence-corrected chi connectivity index (χ2v) is 4.92. The zero-order valence-corrected chi connectivity index (χ0v) is 10.0. The van der Waals surface area contributed by atoms with Crippen LogP contribution in [0.5, 0.6) is 0 Å². The van der Waals surface area contributed by atoms with Crippen LogP contribution in [-0.4, -0.2) is 72.1 Å². The molecule has 0 spiro atoms. The van der Waals surface area contributed by atoms with Gasteiger partial charge in [-0.3, -0.25) is 4.79 Å². The standard InChI is InChI=1S/C11H20N2O4/c1-13-4-2-3-7(5-13)12-11(16)10-9(15)8(14)6-17-10/h7-10,14-15H,2-6H2,1H3,(H,12,16)/t7-,8?,9?,10?/m1/s1. The molecule has 98 valence electrons. The molecular weight excluding hydrogens is 224 g/mol. The van der Waals surface area contributed by atoms with Crippen LogP contribution < -0.4 is 5.32 Å². The number of aliphatic hydroxyl groups excluding tert-OH is 2. The van der Waals surface area contributed by atoms with Crippen LogP contribution in [0.4, 0.5) is 0 Å². The summed E-state index contributed by atoms with van der Waals surface area (Å²) in [6.07, 6.45) is -1.01. The van der Waals surface area contributed by atoms with E-state index in [1.165, 1.54) is 0 Å². The lowest BCUT2D eigenvalue weighted by atomic mass is 10.1. The maximum atomic E-state index is 11.9. The van der Waals surface area contributed by atoms with Crippen LogP contribution >= 0.6 is 0 Å². The molecule has 0 aromatic heterocycles. The minimum atomic E-state index is -1.11. The Morgan fingerprint density at radius 2 is 2.24 bits per heavy atom. The number of rotatable bonds is 2. The predicted octanol–water partition coefficient (Wildman–Crippen LogP) is -1.68. The molecule has 17 heavy (non-hydrogen) atoms. The highest BCUT2D eigenvalue weighted by Gasteiger charge is 2.40. The van der Waals surface area contributed by atoms with Crippen molar-refractivity contribution in [2.24, 2.45) is 0 Å². The van der Waals surface area contributed by atoms with Crippen molar-refractivity contribution in [2.45, 2.75) is 37.2 Å². The van der Waals surface area contributed by atoms with Gasteiger partial charge in [0.1, 0.15) is 12.2 Å². The molecule has 3 unspecified atom stereocenters. The lowest BCUT2D eigenvalue weighted by molar-refractivity contribution is -0.135. The number of carbonyl (C=O) groups excluding carboxylic acids is 1. The first kappa shape index (κ1) is 12.8. The van der Waals surface area contributed by atoms with Crippen LogP contribution in [0.3, 0.4) is 0 Å². The number of likely N-dealkylation sites (N-methyl/N-ethyl adjacent to an activating group) is 1. The quantitative estimate of drug-likeness (QED) is 0.540. The van der Waals surface area contributed by atoms with Gasteiger partial charge in [0.05, 0.1) is 6.61 Å². The second kappa shape index (κ2) is 5.30. The van der Waals surface area contributed by atoms with Crippen LogP contribution in [0.15, 0.2) is 0 Å². The van der Waals surface area contributed by atoms with E-state index >= 15 is 0 Å². The normalized spacial score (nSPS) is 39.2. The van der Waals surface area contributed by atoms with Gasteiger partial charge in [0.25, 0.3) is 5.91 Å². The Labute approximate surface area is 101 Å². The number of hydrogen-bond donors (Lipinski definition) is 3. The summed E-state index contributed by atoms with van der Waals surface area (Å²) in [5.41, 5.74) is 0. The number of piperidine rings is 1. The summed E-state index contributed by atoms with van der Waals surface area (Å²) < 4.78 is 5.08. The highest BCUT2D eigenvalue weighted by molar-refractivity contribution is 5.82. The summed E-state index contributed by atoms with van der Waals surface area (Å²) in [5, 5.41) is 21.7. The molecule has 2 heterocycles. The summed E-state index contributed by atoms with van der Waals surface area (Å²) in [7, 11) is 2.02. The first-order chi connectivity index (χ1) is 8.08. The predicted molar refractivity (Wildman–Crippen MR) is 60.4 cm³/mol. The molecule has 2 saturated heterocycles. The van der Waals surface area contributed by atoms with Crippen molar-refractivity contribution in [1.29, 1.82) is 0 Å². The fourth-order valence-electron chi connectivity index (χ4n) is 2.40. The molecule has 6 nitrogen and oxygen atoms in total. The summed E-state index contributed by atoms with van der Waals surface area (Å²) in [5.74, 6) is -0.325. The third-order valence-electron chi connectivity index (χ3n) is 3.38. The highest BCUT2D eigenvalue weighted by Crippen LogP contribution is 2.15. The molecule has 0 aromatic carbocycles.